The number of hydrogen-bond acceptors (Lipinski definition) is 3. The number of rotatable bonds is 5. The molecule has 28 heavy (non-hydrogen) atoms. The van der Waals surface area contributed by atoms with Gasteiger partial charge >= 0.3 is 0 Å². The summed E-state index contributed by atoms with van der Waals surface area (Å²) in [7, 11) is 1.86. The van der Waals surface area contributed by atoms with Crippen molar-refractivity contribution in [3.8, 4) is 16.9 Å². The van der Waals surface area contributed by atoms with Gasteiger partial charge in [0.25, 0.3) is 5.91 Å². The van der Waals surface area contributed by atoms with E-state index in [-0.39, 0.29) is 5.91 Å². The molecule has 6 heteroatoms. The molecule has 0 fully saturated rings. The molecule has 1 N–H and O–H groups in total. The van der Waals surface area contributed by atoms with Gasteiger partial charge in [0.15, 0.2) is 5.69 Å². The van der Waals surface area contributed by atoms with E-state index in [9.17, 15) is 4.79 Å². The Morgan fingerprint density at radius 3 is 2.39 bits per heavy atom. The molecule has 6 nitrogen and oxygen atoms in total. The van der Waals surface area contributed by atoms with Gasteiger partial charge in [-0.25, -0.2) is 9.67 Å². The van der Waals surface area contributed by atoms with E-state index in [0.717, 1.165) is 29.1 Å². The predicted molar refractivity (Wildman–Crippen MR) is 110 cm³/mol. The second kappa shape index (κ2) is 7.52. The lowest BCUT2D eigenvalue weighted by Crippen LogP contribution is -2.16. The summed E-state index contributed by atoms with van der Waals surface area (Å²) >= 11 is 0. The minimum absolute atomic E-state index is 0.259. The third-order valence-corrected chi connectivity index (χ3v) is 4.59. The summed E-state index contributed by atoms with van der Waals surface area (Å²) in [4.78, 5) is 17.3. The molecular formula is C22H21N5O. The van der Waals surface area contributed by atoms with E-state index in [2.05, 4.69) is 15.4 Å². The molecule has 0 saturated heterocycles. The molecule has 2 heterocycles. The fourth-order valence-corrected chi connectivity index (χ4v) is 3.14. The zero-order chi connectivity index (χ0) is 19.5. The number of carbonyl (C=O) groups excluding carboxylic acids is 1. The molecule has 0 radical (unpaired) electrons. The standard InChI is InChI=1S/C22H21N5O/c1-3-18-21(26(2)15-23-18)24-22(28)19-14-20(16-10-6-4-7-11-16)27(25-19)17-12-8-5-9-13-17/h4-15H,3H2,1-2H3,(H,24,28). The van der Waals surface area contributed by atoms with Crippen LogP contribution in [-0.2, 0) is 13.5 Å². The highest BCUT2D eigenvalue weighted by atomic mass is 16.2. The number of aryl methyl sites for hydroxylation is 2. The lowest BCUT2D eigenvalue weighted by atomic mass is 10.1. The molecule has 0 unspecified atom stereocenters. The second-order valence-electron chi connectivity index (χ2n) is 6.49. The van der Waals surface area contributed by atoms with Gasteiger partial charge < -0.3 is 9.88 Å². The van der Waals surface area contributed by atoms with Gasteiger partial charge in [-0.05, 0) is 24.6 Å². The van der Waals surface area contributed by atoms with Crippen LogP contribution in [-0.4, -0.2) is 25.2 Å². The maximum Gasteiger partial charge on any atom is 0.277 e. The van der Waals surface area contributed by atoms with Gasteiger partial charge in [-0.3, -0.25) is 4.79 Å². The minimum Gasteiger partial charge on any atom is -0.320 e. The molecule has 0 bridgehead atoms. The third-order valence-electron chi connectivity index (χ3n) is 4.59. The van der Waals surface area contributed by atoms with Crippen molar-refractivity contribution in [1.29, 1.82) is 0 Å². The van der Waals surface area contributed by atoms with E-state index in [1.165, 1.54) is 0 Å². The summed E-state index contributed by atoms with van der Waals surface area (Å²) in [6.45, 7) is 2.01. The summed E-state index contributed by atoms with van der Waals surface area (Å²) < 4.78 is 3.61. The zero-order valence-electron chi connectivity index (χ0n) is 15.8. The van der Waals surface area contributed by atoms with Gasteiger partial charge in [0.2, 0.25) is 0 Å². The Morgan fingerprint density at radius 1 is 1.04 bits per heavy atom. The topological polar surface area (TPSA) is 64.7 Å². The van der Waals surface area contributed by atoms with Crippen LogP contribution in [0.2, 0.25) is 0 Å². The van der Waals surface area contributed by atoms with Crippen LogP contribution in [0.3, 0.4) is 0 Å². The van der Waals surface area contributed by atoms with Crippen molar-refractivity contribution in [2.24, 2.45) is 7.05 Å². The lowest BCUT2D eigenvalue weighted by Gasteiger charge is -2.07. The number of nitrogens with zero attached hydrogens (tertiary/aromatic N) is 4. The first-order valence-corrected chi connectivity index (χ1v) is 9.20. The number of carbonyl (C=O) groups is 1. The number of amides is 1. The summed E-state index contributed by atoms with van der Waals surface area (Å²) in [5.41, 5.74) is 3.95. The summed E-state index contributed by atoms with van der Waals surface area (Å²) in [5.74, 6) is 0.438. The Kier molecular flexibility index (Phi) is 4.76. The molecule has 0 aliphatic heterocycles. The average molecular weight is 371 g/mol. The number of hydrogen-bond donors (Lipinski definition) is 1. The second-order valence-corrected chi connectivity index (χ2v) is 6.49. The van der Waals surface area contributed by atoms with Crippen molar-refractivity contribution < 1.29 is 4.79 Å². The maximum absolute atomic E-state index is 12.9. The lowest BCUT2D eigenvalue weighted by molar-refractivity contribution is 0.102. The predicted octanol–water partition coefficient (Wildman–Crippen LogP) is 4.09. The van der Waals surface area contributed by atoms with Crippen LogP contribution in [0, 0.1) is 0 Å². The number of benzene rings is 2. The van der Waals surface area contributed by atoms with E-state index in [0.29, 0.717) is 11.5 Å². The van der Waals surface area contributed by atoms with Crippen LogP contribution in [0.1, 0.15) is 23.1 Å². The minimum atomic E-state index is -0.259. The third kappa shape index (κ3) is 3.32. The molecule has 140 valence electrons. The monoisotopic (exact) mass is 371 g/mol. The molecule has 0 aliphatic rings. The van der Waals surface area contributed by atoms with Gasteiger partial charge in [0.05, 0.1) is 23.4 Å². The Morgan fingerprint density at radius 2 is 1.71 bits per heavy atom. The number of nitrogens with one attached hydrogen (secondary N) is 1. The molecule has 0 spiro atoms. The molecule has 2 aromatic carbocycles. The first-order chi connectivity index (χ1) is 13.7. The molecular weight excluding hydrogens is 350 g/mol. The van der Waals surface area contributed by atoms with E-state index in [1.54, 1.807) is 11.0 Å². The first kappa shape index (κ1) is 17.7. The van der Waals surface area contributed by atoms with Crippen molar-refractivity contribution in [3.63, 3.8) is 0 Å². The quantitative estimate of drug-likeness (QED) is 0.575. The van der Waals surface area contributed by atoms with Gasteiger partial charge in [-0.15, -0.1) is 0 Å². The van der Waals surface area contributed by atoms with E-state index >= 15 is 0 Å². The van der Waals surface area contributed by atoms with E-state index in [4.69, 9.17) is 0 Å². The van der Waals surface area contributed by atoms with Crippen molar-refractivity contribution in [3.05, 3.63) is 84.4 Å². The Hall–Kier alpha value is -3.67. The summed E-state index contributed by atoms with van der Waals surface area (Å²) in [5, 5.41) is 7.55. The molecule has 4 rings (SSSR count). The molecule has 2 aromatic heterocycles. The number of imidazole rings is 1. The SMILES string of the molecule is CCc1ncn(C)c1NC(=O)c1cc(-c2ccccc2)n(-c2ccccc2)n1. The Bertz CT molecular complexity index is 1040. The first-order valence-electron chi connectivity index (χ1n) is 9.20. The van der Waals surface area contributed by atoms with Crippen molar-refractivity contribution in [2.75, 3.05) is 5.32 Å². The fraction of sp³-hybridized carbons (Fsp3) is 0.136. The van der Waals surface area contributed by atoms with Crippen LogP contribution >= 0.6 is 0 Å². The highest BCUT2D eigenvalue weighted by Crippen LogP contribution is 2.24. The number of aromatic nitrogens is 4. The van der Waals surface area contributed by atoms with E-state index < -0.39 is 0 Å². The summed E-state index contributed by atoms with van der Waals surface area (Å²) in [6.07, 6.45) is 2.44. The Balaban J connectivity index is 1.75. The van der Waals surface area contributed by atoms with Crippen LogP contribution in [0.4, 0.5) is 5.82 Å². The van der Waals surface area contributed by atoms with Gasteiger partial charge in [0, 0.05) is 12.6 Å². The number of anilines is 1. The largest absolute Gasteiger partial charge is 0.320 e. The summed E-state index contributed by atoms with van der Waals surface area (Å²) in [6, 6.07) is 21.6. The normalized spacial score (nSPS) is 10.8. The van der Waals surface area contributed by atoms with Crippen molar-refractivity contribution in [1.82, 2.24) is 19.3 Å². The maximum atomic E-state index is 12.9. The fourth-order valence-electron chi connectivity index (χ4n) is 3.14. The van der Waals surface area contributed by atoms with Gasteiger partial charge in [-0.2, -0.15) is 5.10 Å². The molecule has 0 saturated carbocycles. The molecule has 4 aromatic rings. The number of para-hydroxylation sites is 1. The van der Waals surface area contributed by atoms with Gasteiger partial charge in [-0.1, -0.05) is 55.5 Å². The van der Waals surface area contributed by atoms with Crippen LogP contribution in [0.25, 0.3) is 16.9 Å². The smallest absolute Gasteiger partial charge is 0.277 e. The van der Waals surface area contributed by atoms with Crippen molar-refractivity contribution in [2.45, 2.75) is 13.3 Å². The van der Waals surface area contributed by atoms with Gasteiger partial charge in [0.1, 0.15) is 5.82 Å². The molecule has 1 amide bonds. The molecule has 0 aliphatic carbocycles. The van der Waals surface area contributed by atoms with Crippen LogP contribution < -0.4 is 5.32 Å². The van der Waals surface area contributed by atoms with Crippen LogP contribution in [0.15, 0.2) is 73.1 Å². The highest BCUT2D eigenvalue weighted by Gasteiger charge is 2.19. The zero-order valence-corrected chi connectivity index (χ0v) is 15.8. The van der Waals surface area contributed by atoms with E-state index in [1.807, 2.05) is 85.3 Å². The molecule has 0 atom stereocenters. The van der Waals surface area contributed by atoms with Crippen molar-refractivity contribution >= 4 is 11.7 Å². The highest BCUT2D eigenvalue weighted by molar-refractivity contribution is 6.03. The Labute approximate surface area is 163 Å². The average Bonchev–Trinajstić information content (AvgIpc) is 3.34. The van der Waals surface area contributed by atoms with Crippen LogP contribution in [0.5, 0.6) is 0 Å².